The molecule has 278 valence electrons. The molecule has 3 atom stereocenters. The zero-order chi connectivity index (χ0) is 37.0. The smallest absolute Gasteiger partial charge is 0.407 e. The summed E-state index contributed by atoms with van der Waals surface area (Å²) in [6.45, 7) is 0.513. The molecule has 0 saturated carbocycles. The molecule has 3 amide bonds. The van der Waals surface area contributed by atoms with Gasteiger partial charge in [0, 0.05) is 36.0 Å². The Morgan fingerprint density at radius 1 is 0.925 bits per heavy atom. The number of rotatable bonds is 12. The van der Waals surface area contributed by atoms with Crippen LogP contribution >= 0.6 is 0 Å². The number of carbonyl (C=O) groups is 4. The van der Waals surface area contributed by atoms with Gasteiger partial charge in [-0.05, 0) is 59.6 Å². The maximum Gasteiger partial charge on any atom is 0.407 e. The predicted molar refractivity (Wildman–Crippen MR) is 199 cm³/mol. The van der Waals surface area contributed by atoms with Gasteiger partial charge in [0.25, 0.3) is 0 Å². The van der Waals surface area contributed by atoms with Crippen molar-refractivity contribution in [3.05, 3.63) is 108 Å². The molecule has 3 aromatic carbocycles. The van der Waals surface area contributed by atoms with Gasteiger partial charge >= 0.3 is 12.1 Å². The number of carbonyl (C=O) groups excluding carboxylic acids is 4. The summed E-state index contributed by atoms with van der Waals surface area (Å²) in [6.07, 6.45) is 6.04. The Morgan fingerprint density at radius 2 is 1.66 bits per heavy atom. The van der Waals surface area contributed by atoms with Crippen LogP contribution in [-0.4, -0.2) is 85.6 Å². The Kier molecular flexibility index (Phi) is 12.9. The van der Waals surface area contributed by atoms with Crippen molar-refractivity contribution in [3.63, 3.8) is 0 Å². The van der Waals surface area contributed by atoms with E-state index in [0.29, 0.717) is 19.3 Å². The molecule has 4 aromatic rings. The number of para-hydroxylation sites is 1. The molecular formula is C41H46N4O8. The van der Waals surface area contributed by atoms with Crippen molar-refractivity contribution < 1.29 is 38.5 Å². The quantitative estimate of drug-likeness (QED) is 0.0809. The molecule has 1 aliphatic heterocycles. The predicted octanol–water partition coefficient (Wildman–Crippen LogP) is 4.52. The second-order valence-electron chi connectivity index (χ2n) is 13.3. The highest BCUT2D eigenvalue weighted by molar-refractivity contribution is 5.87. The SMILES string of the molecule is O=C(C[C@H]1CC=CCC[C@H](NC(=O)OCC2c3ccccc3-c3ccccc32)C(=O)OC[C@H](Cc2c[nH]c3ccccc23)NC1=O)NCCOCCO. The summed E-state index contributed by atoms with van der Waals surface area (Å²) in [5, 5.41) is 18.4. The summed E-state index contributed by atoms with van der Waals surface area (Å²) in [7, 11) is 0. The molecule has 0 fully saturated rings. The van der Waals surface area contributed by atoms with Gasteiger partial charge in [0.05, 0.1) is 31.8 Å². The second kappa shape index (κ2) is 18.3. The molecule has 0 bridgehead atoms. The van der Waals surface area contributed by atoms with Crippen molar-refractivity contribution in [2.75, 3.05) is 39.6 Å². The number of hydrogen-bond donors (Lipinski definition) is 5. The van der Waals surface area contributed by atoms with Gasteiger partial charge in [0.1, 0.15) is 19.3 Å². The molecular weight excluding hydrogens is 676 g/mol. The zero-order valence-electron chi connectivity index (χ0n) is 29.6. The van der Waals surface area contributed by atoms with E-state index in [1.807, 2.05) is 79.0 Å². The van der Waals surface area contributed by atoms with Crippen molar-refractivity contribution in [1.29, 1.82) is 0 Å². The third-order valence-electron chi connectivity index (χ3n) is 9.65. The van der Waals surface area contributed by atoms with Gasteiger partial charge in [-0.15, -0.1) is 0 Å². The number of fused-ring (bicyclic) bond motifs is 4. The molecule has 2 aliphatic rings. The number of aromatic amines is 1. The molecule has 12 nitrogen and oxygen atoms in total. The van der Waals surface area contributed by atoms with Crippen LogP contribution in [0.1, 0.15) is 48.3 Å². The lowest BCUT2D eigenvalue weighted by molar-refractivity contribution is -0.147. The first-order valence-corrected chi connectivity index (χ1v) is 18.1. The van der Waals surface area contributed by atoms with E-state index in [2.05, 4.69) is 33.1 Å². The van der Waals surface area contributed by atoms with Crippen LogP contribution in [0.25, 0.3) is 22.0 Å². The Hall–Kier alpha value is -5.46. The number of H-pyrrole nitrogens is 1. The van der Waals surface area contributed by atoms with Crippen LogP contribution in [0.2, 0.25) is 0 Å². The van der Waals surface area contributed by atoms with Crippen molar-refractivity contribution in [2.45, 2.75) is 50.1 Å². The van der Waals surface area contributed by atoms with Gasteiger partial charge in [0.15, 0.2) is 0 Å². The molecule has 1 aromatic heterocycles. The highest BCUT2D eigenvalue weighted by Crippen LogP contribution is 2.44. The summed E-state index contributed by atoms with van der Waals surface area (Å²) in [4.78, 5) is 56.5. The third kappa shape index (κ3) is 9.70. The van der Waals surface area contributed by atoms with E-state index in [1.165, 1.54) is 0 Å². The highest BCUT2D eigenvalue weighted by atomic mass is 16.6. The lowest BCUT2D eigenvalue weighted by Crippen LogP contribution is -2.46. The monoisotopic (exact) mass is 722 g/mol. The van der Waals surface area contributed by atoms with Gasteiger partial charge in [-0.25, -0.2) is 9.59 Å². The first-order chi connectivity index (χ1) is 25.9. The number of esters is 1. The Labute approximate surface area is 308 Å². The van der Waals surface area contributed by atoms with Crippen LogP contribution in [0.15, 0.2) is 91.1 Å². The van der Waals surface area contributed by atoms with Crippen molar-refractivity contribution >= 4 is 34.8 Å². The summed E-state index contributed by atoms with van der Waals surface area (Å²) in [5.74, 6) is -2.09. The van der Waals surface area contributed by atoms with Gasteiger partial charge in [-0.1, -0.05) is 78.9 Å². The summed E-state index contributed by atoms with van der Waals surface area (Å²) in [6, 6.07) is 22.3. The van der Waals surface area contributed by atoms with Crippen molar-refractivity contribution in [3.8, 4) is 11.1 Å². The minimum absolute atomic E-state index is 0.0538. The van der Waals surface area contributed by atoms with E-state index in [1.54, 1.807) is 0 Å². The molecule has 5 N–H and O–H groups in total. The normalized spacial score (nSPS) is 19.2. The largest absolute Gasteiger partial charge is 0.462 e. The molecule has 1 aliphatic carbocycles. The molecule has 12 heteroatoms. The zero-order valence-corrected chi connectivity index (χ0v) is 29.6. The Balaban J connectivity index is 1.13. The Bertz CT molecular complexity index is 1880. The number of benzene rings is 3. The first kappa shape index (κ1) is 37.3. The molecule has 2 heterocycles. The molecule has 53 heavy (non-hydrogen) atoms. The fourth-order valence-corrected chi connectivity index (χ4v) is 7.00. The first-order valence-electron chi connectivity index (χ1n) is 18.1. The van der Waals surface area contributed by atoms with Crippen molar-refractivity contribution in [1.82, 2.24) is 20.9 Å². The fourth-order valence-electron chi connectivity index (χ4n) is 7.00. The number of allylic oxidation sites excluding steroid dienone is 2. The second-order valence-corrected chi connectivity index (χ2v) is 13.3. The van der Waals surface area contributed by atoms with Gasteiger partial charge in [0.2, 0.25) is 11.8 Å². The summed E-state index contributed by atoms with van der Waals surface area (Å²) >= 11 is 0. The number of aromatic nitrogens is 1. The van der Waals surface area contributed by atoms with Crippen LogP contribution in [0.3, 0.4) is 0 Å². The topological polar surface area (TPSA) is 168 Å². The molecule has 0 spiro atoms. The van der Waals surface area contributed by atoms with Gasteiger partial charge in [-0.2, -0.15) is 0 Å². The van der Waals surface area contributed by atoms with E-state index >= 15 is 0 Å². The van der Waals surface area contributed by atoms with E-state index in [4.69, 9.17) is 19.3 Å². The molecule has 0 unspecified atom stereocenters. The van der Waals surface area contributed by atoms with Crippen LogP contribution in [0.4, 0.5) is 4.79 Å². The van der Waals surface area contributed by atoms with E-state index in [9.17, 15) is 19.2 Å². The van der Waals surface area contributed by atoms with E-state index in [0.717, 1.165) is 38.7 Å². The maximum absolute atomic E-state index is 13.7. The third-order valence-corrected chi connectivity index (χ3v) is 9.65. The minimum atomic E-state index is -0.991. The standard InChI is InChI=1S/C41H46N4O8/c46-19-21-51-20-18-42-38(47)23-27-10-2-1-3-17-37(40(49)52-25-29(44-39(27)48)22-28-24-43-36-16-9-8-11-30(28)36)45-41(50)53-26-35-33-14-6-4-12-31(33)32-13-5-7-15-34(32)35/h1-2,4-9,11-16,24,27,29,35,37,43,46H,3,10,17-23,25-26H2,(H,42,47)(H,44,48)(H,45,50)/t27-,29+,37+/m1/s1. The summed E-state index contributed by atoms with van der Waals surface area (Å²) < 4.78 is 16.7. The number of aliphatic hydroxyl groups is 1. The summed E-state index contributed by atoms with van der Waals surface area (Å²) in [5.41, 5.74) is 6.26. The number of cyclic esters (lactones) is 1. The average molecular weight is 723 g/mol. The van der Waals surface area contributed by atoms with Crippen LogP contribution in [-0.2, 0) is 35.0 Å². The fraction of sp³-hybridized carbons (Fsp3) is 0.366. The lowest BCUT2D eigenvalue weighted by atomic mass is 9.97. The van der Waals surface area contributed by atoms with Crippen LogP contribution < -0.4 is 16.0 Å². The minimum Gasteiger partial charge on any atom is -0.462 e. The lowest BCUT2D eigenvalue weighted by Gasteiger charge is -2.23. The number of aliphatic hydroxyl groups excluding tert-OH is 1. The Morgan fingerprint density at radius 3 is 2.43 bits per heavy atom. The highest BCUT2D eigenvalue weighted by Gasteiger charge is 2.31. The van der Waals surface area contributed by atoms with Gasteiger partial charge < -0.3 is 40.3 Å². The van der Waals surface area contributed by atoms with Crippen LogP contribution in [0, 0.1) is 5.92 Å². The maximum atomic E-state index is 13.7. The van der Waals surface area contributed by atoms with Gasteiger partial charge in [-0.3, -0.25) is 9.59 Å². The van der Waals surface area contributed by atoms with E-state index in [-0.39, 0.29) is 70.2 Å². The molecule has 6 rings (SSSR count). The van der Waals surface area contributed by atoms with E-state index < -0.39 is 30.1 Å². The molecule has 0 radical (unpaired) electrons. The number of alkyl carbamates (subject to hydrolysis) is 1. The van der Waals surface area contributed by atoms with Crippen molar-refractivity contribution in [2.24, 2.45) is 5.92 Å². The number of hydrogen-bond acceptors (Lipinski definition) is 8. The average Bonchev–Trinajstić information content (AvgIpc) is 3.73. The number of ether oxygens (including phenoxy) is 3. The number of nitrogens with one attached hydrogen (secondary N) is 4. The number of amides is 3. The molecule has 0 saturated heterocycles. The van der Waals surface area contributed by atoms with Crippen LogP contribution in [0.5, 0.6) is 0 Å².